The molecule has 0 radical (unpaired) electrons. The molecular formula is C20H18ClN3O3S. The summed E-state index contributed by atoms with van der Waals surface area (Å²) < 4.78 is 5.72. The lowest BCUT2D eigenvalue weighted by molar-refractivity contribution is -0.116. The van der Waals surface area contributed by atoms with Gasteiger partial charge in [0.1, 0.15) is 11.5 Å². The van der Waals surface area contributed by atoms with Gasteiger partial charge in [0.15, 0.2) is 0 Å². The summed E-state index contributed by atoms with van der Waals surface area (Å²) in [6.45, 7) is 0. The highest BCUT2D eigenvalue weighted by molar-refractivity contribution is 7.10. The molecule has 0 spiro atoms. The lowest BCUT2D eigenvalue weighted by atomic mass is 10.1. The van der Waals surface area contributed by atoms with Crippen LogP contribution in [0.3, 0.4) is 0 Å². The Bertz CT molecular complexity index is 946. The van der Waals surface area contributed by atoms with E-state index >= 15 is 0 Å². The SMILES string of the molecule is NC(=O)N[C@@H](CC(=O)Nc1ccc(Oc2ccccc2Cl)cc1)c1cccs1. The fourth-order valence-corrected chi connectivity index (χ4v) is 3.49. The van der Waals surface area contributed by atoms with Crippen LogP contribution in [0.2, 0.25) is 5.02 Å². The van der Waals surface area contributed by atoms with Gasteiger partial charge in [-0.1, -0.05) is 29.8 Å². The van der Waals surface area contributed by atoms with Crippen LogP contribution in [0.5, 0.6) is 11.5 Å². The van der Waals surface area contributed by atoms with Gasteiger partial charge in [-0.2, -0.15) is 0 Å². The number of primary amides is 1. The van der Waals surface area contributed by atoms with Crippen LogP contribution in [0.4, 0.5) is 10.5 Å². The molecule has 1 heterocycles. The molecule has 0 aliphatic rings. The number of amides is 3. The number of nitrogens with one attached hydrogen (secondary N) is 2. The standard InChI is InChI=1S/C20H18ClN3O3S/c21-15-4-1-2-5-17(15)27-14-9-7-13(8-10-14)23-19(25)12-16(24-20(22)26)18-6-3-11-28-18/h1-11,16H,12H2,(H,23,25)(H3,22,24,26)/t16-/m0/s1. The van der Waals surface area contributed by atoms with Gasteiger partial charge in [0.2, 0.25) is 5.91 Å². The van der Waals surface area contributed by atoms with Crippen molar-refractivity contribution in [3.63, 3.8) is 0 Å². The van der Waals surface area contributed by atoms with Crippen molar-refractivity contribution in [1.29, 1.82) is 0 Å². The van der Waals surface area contributed by atoms with Crippen molar-refractivity contribution < 1.29 is 14.3 Å². The Morgan fingerprint density at radius 3 is 2.46 bits per heavy atom. The molecule has 0 saturated heterocycles. The minimum absolute atomic E-state index is 0.0708. The number of carbonyl (C=O) groups excluding carboxylic acids is 2. The van der Waals surface area contributed by atoms with Crippen LogP contribution in [0, 0.1) is 0 Å². The van der Waals surface area contributed by atoms with Crippen LogP contribution in [0.15, 0.2) is 66.0 Å². The van der Waals surface area contributed by atoms with E-state index in [0.717, 1.165) is 4.88 Å². The van der Waals surface area contributed by atoms with Gasteiger partial charge in [-0.3, -0.25) is 4.79 Å². The number of benzene rings is 2. The maximum Gasteiger partial charge on any atom is 0.312 e. The second-order valence-corrected chi connectivity index (χ2v) is 7.27. The first-order valence-electron chi connectivity index (χ1n) is 8.43. The monoisotopic (exact) mass is 415 g/mol. The summed E-state index contributed by atoms with van der Waals surface area (Å²) >= 11 is 7.53. The molecule has 0 bridgehead atoms. The number of urea groups is 1. The van der Waals surface area contributed by atoms with Gasteiger partial charge in [0.25, 0.3) is 0 Å². The molecule has 6 nitrogen and oxygen atoms in total. The molecule has 1 aromatic heterocycles. The minimum atomic E-state index is -0.674. The summed E-state index contributed by atoms with van der Waals surface area (Å²) in [5.74, 6) is 0.905. The van der Waals surface area contributed by atoms with Gasteiger partial charge in [0, 0.05) is 10.6 Å². The van der Waals surface area contributed by atoms with Gasteiger partial charge in [-0.25, -0.2) is 4.79 Å². The van der Waals surface area contributed by atoms with Crippen molar-refractivity contribution in [1.82, 2.24) is 5.32 Å². The largest absolute Gasteiger partial charge is 0.456 e. The summed E-state index contributed by atoms with van der Waals surface area (Å²) in [6, 6.07) is 16.7. The topological polar surface area (TPSA) is 93.5 Å². The average molecular weight is 416 g/mol. The highest BCUT2D eigenvalue weighted by Gasteiger charge is 2.18. The molecule has 0 fully saturated rings. The van der Waals surface area contributed by atoms with Crippen molar-refractivity contribution in [3.8, 4) is 11.5 Å². The fraction of sp³-hybridized carbons (Fsp3) is 0.100. The molecule has 3 rings (SSSR count). The lowest BCUT2D eigenvalue weighted by Crippen LogP contribution is -2.34. The van der Waals surface area contributed by atoms with E-state index in [0.29, 0.717) is 22.2 Å². The molecule has 0 aliphatic carbocycles. The van der Waals surface area contributed by atoms with Crippen molar-refractivity contribution >= 4 is 40.6 Å². The number of anilines is 1. The van der Waals surface area contributed by atoms with E-state index < -0.39 is 12.1 Å². The van der Waals surface area contributed by atoms with Gasteiger partial charge < -0.3 is 21.1 Å². The van der Waals surface area contributed by atoms with Crippen molar-refractivity contribution in [2.45, 2.75) is 12.5 Å². The van der Waals surface area contributed by atoms with E-state index in [9.17, 15) is 9.59 Å². The zero-order chi connectivity index (χ0) is 19.9. The Kier molecular flexibility index (Phi) is 6.52. The van der Waals surface area contributed by atoms with Crippen LogP contribution >= 0.6 is 22.9 Å². The third-order valence-electron chi connectivity index (χ3n) is 3.80. The molecule has 8 heteroatoms. The van der Waals surface area contributed by atoms with Crippen molar-refractivity contribution in [2.75, 3.05) is 5.32 Å². The number of rotatable bonds is 7. The zero-order valence-corrected chi connectivity index (χ0v) is 16.3. The minimum Gasteiger partial charge on any atom is -0.456 e. The van der Waals surface area contributed by atoms with Gasteiger partial charge in [0.05, 0.1) is 17.5 Å². The predicted octanol–water partition coefficient (Wildman–Crippen LogP) is 4.93. The van der Waals surface area contributed by atoms with E-state index in [1.165, 1.54) is 11.3 Å². The molecule has 3 aromatic rings. The van der Waals surface area contributed by atoms with E-state index in [4.69, 9.17) is 22.1 Å². The van der Waals surface area contributed by atoms with Crippen LogP contribution < -0.4 is 21.1 Å². The second-order valence-electron chi connectivity index (χ2n) is 5.89. The normalized spacial score (nSPS) is 11.5. The number of para-hydroxylation sites is 1. The van der Waals surface area contributed by atoms with Crippen LogP contribution in [-0.4, -0.2) is 11.9 Å². The number of thiophene rings is 1. The van der Waals surface area contributed by atoms with Crippen molar-refractivity contribution in [3.05, 3.63) is 75.9 Å². The molecule has 4 N–H and O–H groups in total. The van der Waals surface area contributed by atoms with Gasteiger partial charge in [-0.05, 0) is 47.8 Å². The van der Waals surface area contributed by atoms with Gasteiger partial charge >= 0.3 is 6.03 Å². The summed E-state index contributed by atoms with van der Waals surface area (Å²) in [7, 11) is 0. The Morgan fingerprint density at radius 1 is 1.07 bits per heavy atom. The number of hydrogen-bond acceptors (Lipinski definition) is 4. The number of nitrogens with two attached hydrogens (primary N) is 1. The number of halogens is 1. The molecule has 144 valence electrons. The molecule has 0 saturated carbocycles. The Hall–Kier alpha value is -3.03. The lowest BCUT2D eigenvalue weighted by Gasteiger charge is -2.16. The third-order valence-corrected chi connectivity index (χ3v) is 5.09. The summed E-state index contributed by atoms with van der Waals surface area (Å²) in [6.07, 6.45) is 0.0708. The fourth-order valence-electron chi connectivity index (χ4n) is 2.54. The first kappa shape index (κ1) is 19.7. The molecule has 1 atom stereocenters. The highest BCUT2D eigenvalue weighted by atomic mass is 35.5. The van der Waals surface area contributed by atoms with E-state index in [1.807, 2.05) is 29.6 Å². The Balaban J connectivity index is 1.60. The molecule has 28 heavy (non-hydrogen) atoms. The summed E-state index contributed by atoms with van der Waals surface area (Å²) in [4.78, 5) is 24.4. The Morgan fingerprint density at radius 2 is 1.82 bits per heavy atom. The summed E-state index contributed by atoms with van der Waals surface area (Å²) in [5, 5.41) is 7.79. The van der Waals surface area contributed by atoms with Crippen LogP contribution in [0.1, 0.15) is 17.3 Å². The average Bonchev–Trinajstić information content (AvgIpc) is 3.19. The maximum absolute atomic E-state index is 12.4. The van der Waals surface area contributed by atoms with Crippen LogP contribution in [-0.2, 0) is 4.79 Å². The smallest absolute Gasteiger partial charge is 0.312 e. The number of carbonyl (C=O) groups is 2. The van der Waals surface area contributed by atoms with E-state index in [-0.39, 0.29) is 12.3 Å². The van der Waals surface area contributed by atoms with Crippen molar-refractivity contribution in [2.24, 2.45) is 5.73 Å². The Labute approximate surface area is 171 Å². The maximum atomic E-state index is 12.4. The predicted molar refractivity (Wildman–Crippen MR) is 111 cm³/mol. The zero-order valence-electron chi connectivity index (χ0n) is 14.7. The molecular weight excluding hydrogens is 398 g/mol. The summed E-state index contributed by atoms with van der Waals surface area (Å²) in [5.41, 5.74) is 5.83. The number of ether oxygens (including phenoxy) is 1. The quantitative estimate of drug-likeness (QED) is 0.510. The first-order chi connectivity index (χ1) is 13.5. The number of hydrogen-bond donors (Lipinski definition) is 3. The highest BCUT2D eigenvalue weighted by Crippen LogP contribution is 2.29. The molecule has 0 aliphatic heterocycles. The van der Waals surface area contributed by atoms with E-state index in [1.54, 1.807) is 36.4 Å². The van der Waals surface area contributed by atoms with Gasteiger partial charge in [-0.15, -0.1) is 11.3 Å². The molecule has 3 amide bonds. The van der Waals surface area contributed by atoms with Crippen LogP contribution in [0.25, 0.3) is 0 Å². The first-order valence-corrected chi connectivity index (χ1v) is 9.68. The molecule has 2 aromatic carbocycles. The second kappa shape index (κ2) is 9.25. The molecule has 0 unspecified atom stereocenters. The third kappa shape index (κ3) is 5.48. The van der Waals surface area contributed by atoms with E-state index in [2.05, 4.69) is 10.6 Å².